The molecule has 22 heteroatoms. The molecule has 18 nitrogen and oxygen atoms in total. The number of carbonyl (C=O) groups excluding carboxylic acids is 4. The predicted octanol–water partition coefficient (Wildman–Crippen LogP) is -4.12. The molecule has 13 atom stereocenters. The first-order valence-corrected chi connectivity index (χ1v) is 25.4. The van der Waals surface area contributed by atoms with Crippen LogP contribution in [0.1, 0.15) is 92.9 Å². The van der Waals surface area contributed by atoms with E-state index >= 15 is 0 Å². The Morgan fingerprint density at radius 3 is 2.40 bits per heavy atom. The summed E-state index contributed by atoms with van der Waals surface area (Å²) in [6.07, 6.45) is 9.90. The summed E-state index contributed by atoms with van der Waals surface area (Å²) in [5.74, 6) is -6.46. The summed E-state index contributed by atoms with van der Waals surface area (Å²) in [6.45, 7) is 11.7. The maximum atomic E-state index is 14.6. The van der Waals surface area contributed by atoms with Gasteiger partial charge in [-0.2, -0.15) is 0 Å². The van der Waals surface area contributed by atoms with E-state index < -0.39 is 96.0 Å². The lowest BCUT2D eigenvalue weighted by Crippen LogP contribution is -3.00. The normalized spacial score (nSPS) is 33.7. The van der Waals surface area contributed by atoms with Gasteiger partial charge in [-0.3, -0.25) is 19.2 Å². The van der Waals surface area contributed by atoms with Crippen LogP contribution in [-0.2, 0) is 52.5 Å². The van der Waals surface area contributed by atoms with Crippen LogP contribution >= 0.6 is 21.6 Å². The van der Waals surface area contributed by atoms with Crippen molar-refractivity contribution >= 4 is 57.3 Å². The molecule has 1 aliphatic carbocycles. The molecule has 3 saturated heterocycles. The minimum atomic E-state index is -1.94. The highest BCUT2D eigenvalue weighted by atomic mass is 35.5. The van der Waals surface area contributed by atoms with E-state index in [9.17, 15) is 33.9 Å². The lowest BCUT2D eigenvalue weighted by molar-refractivity contribution is -0.408. The van der Waals surface area contributed by atoms with Crippen molar-refractivity contribution in [2.75, 3.05) is 24.7 Å². The van der Waals surface area contributed by atoms with E-state index in [1.54, 1.807) is 19.1 Å². The second kappa shape index (κ2) is 26.3. The second-order valence-corrected chi connectivity index (χ2v) is 21.5. The van der Waals surface area contributed by atoms with Crippen LogP contribution in [0.25, 0.3) is 0 Å². The van der Waals surface area contributed by atoms with Crippen LogP contribution in [0.4, 0.5) is 0 Å². The minimum Gasteiger partial charge on any atom is -1.00 e. The summed E-state index contributed by atoms with van der Waals surface area (Å²) >= 11 is 0. The average Bonchev–Trinajstić information content (AvgIpc) is 3.59. The number of fused-ring (bicyclic) bond motifs is 2. The van der Waals surface area contributed by atoms with Gasteiger partial charge in [0.1, 0.15) is 36.3 Å². The van der Waals surface area contributed by atoms with Crippen molar-refractivity contribution in [1.29, 1.82) is 0 Å². The number of halogens is 2. The molecule has 2 bridgehead atoms. The number of allylic oxidation sites excluding steroid dienone is 4. The first kappa shape index (κ1) is 59.1. The number of aliphatic carboxylic acids is 2. The number of rotatable bonds is 16. The SMILES string of the molecule is CC1=C[C@H]2C(=O)O[C@H]3C[C@@H](C/C=C(\C)C[C@@H](C)/C=C/C=C4\CO[C@H]([C@@H]1OC(=O)[C@@H]([NH3+])CSSC[C@H](NC(=O)CC[C@H]([NH3+])C(=O)O)C(=O)NCC(=O)O)[C@@]42O)O[C@@]1(CC[C@H](C)[C@@H](C(C)C)O1)C3.[Cl-].[Cl-]. The number of carboxylic acid groups (broad SMARTS) is 2. The highest BCUT2D eigenvalue weighted by Gasteiger charge is 2.61. The van der Waals surface area contributed by atoms with Gasteiger partial charge < -0.3 is 85.9 Å². The molecule has 4 heterocycles. The monoisotopic (exact) mass is 1040 g/mol. The maximum absolute atomic E-state index is 14.6. The van der Waals surface area contributed by atoms with Crippen molar-refractivity contribution in [2.24, 2.45) is 23.7 Å². The average molecular weight is 1040 g/mol. The highest BCUT2D eigenvalue weighted by Crippen LogP contribution is 2.48. The molecule has 3 fully saturated rings. The molecule has 68 heavy (non-hydrogen) atoms. The molecule has 11 N–H and O–H groups in total. The van der Waals surface area contributed by atoms with Gasteiger partial charge in [0.2, 0.25) is 11.8 Å². The van der Waals surface area contributed by atoms with Crippen LogP contribution < -0.4 is 46.9 Å². The molecule has 4 aliphatic heterocycles. The van der Waals surface area contributed by atoms with E-state index in [1.165, 1.54) is 5.57 Å². The summed E-state index contributed by atoms with van der Waals surface area (Å²) in [5.41, 5.74) is 7.65. The molecular weight excluding hydrogens is 968 g/mol. The predicted molar refractivity (Wildman–Crippen MR) is 244 cm³/mol. The third kappa shape index (κ3) is 15.4. The van der Waals surface area contributed by atoms with E-state index in [2.05, 4.69) is 62.8 Å². The first-order chi connectivity index (χ1) is 31.1. The Kier molecular flexibility index (Phi) is 22.9. The molecule has 0 radical (unpaired) electrons. The Labute approximate surface area is 418 Å². The number of nitrogens with one attached hydrogen (secondary N) is 2. The van der Waals surface area contributed by atoms with Gasteiger partial charge in [-0.1, -0.05) is 85.2 Å². The molecule has 1 spiro atoms. The van der Waals surface area contributed by atoms with Gasteiger partial charge in [0.15, 0.2) is 24.0 Å². The van der Waals surface area contributed by atoms with Crippen LogP contribution in [-0.4, -0.2) is 136 Å². The topological polar surface area (TPSA) is 289 Å². The molecular formula is C46H70Cl2N4O14S2. The summed E-state index contributed by atoms with van der Waals surface area (Å²) in [7, 11) is 2.29. The number of amides is 2. The van der Waals surface area contributed by atoms with E-state index in [1.807, 2.05) is 12.2 Å². The lowest BCUT2D eigenvalue weighted by Gasteiger charge is -2.50. The van der Waals surface area contributed by atoms with Crippen LogP contribution in [0.5, 0.6) is 0 Å². The number of carboxylic acids is 2. The highest BCUT2D eigenvalue weighted by molar-refractivity contribution is 8.76. The van der Waals surface area contributed by atoms with Crippen molar-refractivity contribution < 1.29 is 104 Å². The maximum Gasteiger partial charge on any atom is 0.366 e. The fourth-order valence-corrected chi connectivity index (χ4v) is 11.7. The molecule has 0 unspecified atom stereocenters. The van der Waals surface area contributed by atoms with E-state index in [-0.39, 0.29) is 79.8 Å². The van der Waals surface area contributed by atoms with Gasteiger partial charge in [0.05, 0.1) is 24.6 Å². The number of quaternary nitrogens is 2. The van der Waals surface area contributed by atoms with Gasteiger partial charge in [0.25, 0.3) is 0 Å². The van der Waals surface area contributed by atoms with Gasteiger partial charge >= 0.3 is 23.9 Å². The van der Waals surface area contributed by atoms with Crippen LogP contribution in [0, 0.1) is 23.7 Å². The van der Waals surface area contributed by atoms with E-state index in [0.29, 0.717) is 42.7 Å². The number of aliphatic hydroxyl groups is 1. The van der Waals surface area contributed by atoms with Gasteiger partial charge in [-0.05, 0) is 62.0 Å². The van der Waals surface area contributed by atoms with Crippen LogP contribution in [0.15, 0.2) is 47.1 Å². The molecule has 0 aromatic rings. The molecule has 2 amide bonds. The van der Waals surface area contributed by atoms with Crippen LogP contribution in [0.3, 0.4) is 0 Å². The fourth-order valence-electron chi connectivity index (χ4n) is 9.32. The zero-order valence-electron chi connectivity index (χ0n) is 39.6. The largest absolute Gasteiger partial charge is 1.00 e. The van der Waals surface area contributed by atoms with Crippen molar-refractivity contribution in [2.45, 2.75) is 153 Å². The third-order valence-corrected chi connectivity index (χ3v) is 15.4. The molecule has 384 valence electrons. The number of hydrogen-bond acceptors (Lipinski definition) is 14. The number of esters is 2. The zero-order chi connectivity index (χ0) is 48.5. The minimum absolute atomic E-state index is 0. The Balaban J connectivity index is 0.00000612. The summed E-state index contributed by atoms with van der Waals surface area (Å²) in [4.78, 5) is 75.8. The standard InChI is InChI=1S/C46H68N4O14S2.2ClH/c1-24(2)38-27(5)14-15-45(64-38)19-31-18-30(63-45)11-10-26(4)16-25(3)8-7-9-29-21-60-40-39(28(6)17-32(43(57)61-31)46(29,40)59)62-44(58)34(48)22-65-66-23-35(41(54)49-20-37(52)53)50-36(51)13-12-33(47)42(55)56;;/h7-10,17,24-25,27,30-35,38-40,59H,11-16,18-23,47-48H2,1-6H3,(H,49,54)(H,50,51)(H,52,53)(H,55,56);2*1H/b8-7+,26-10+,29-9+;;/t25-,27-,30+,31-,32-,33-,34-,35-,38+,39+,40+,45+,46+;;/m0../s1. The van der Waals surface area contributed by atoms with Crippen molar-refractivity contribution in [3.8, 4) is 0 Å². The van der Waals surface area contributed by atoms with Gasteiger partial charge in [-0.15, -0.1) is 0 Å². The second-order valence-electron chi connectivity index (χ2n) is 18.9. The summed E-state index contributed by atoms with van der Waals surface area (Å²) in [5, 5.41) is 35.7. The Hall–Kier alpha value is -3.18. The first-order valence-electron chi connectivity index (χ1n) is 22.9. The number of ether oxygens (including phenoxy) is 5. The molecule has 0 aromatic heterocycles. The zero-order valence-corrected chi connectivity index (χ0v) is 42.8. The van der Waals surface area contributed by atoms with E-state index in [0.717, 1.165) is 34.4 Å². The number of carbonyl (C=O) groups is 6. The molecule has 0 aromatic carbocycles. The fraction of sp³-hybridized carbons (Fsp3) is 0.696. The van der Waals surface area contributed by atoms with E-state index in [4.69, 9.17) is 33.9 Å². The Bertz CT molecular complexity index is 1940. The summed E-state index contributed by atoms with van der Waals surface area (Å²) in [6, 6.07) is -3.15. The van der Waals surface area contributed by atoms with Crippen molar-refractivity contribution in [3.63, 3.8) is 0 Å². The quantitative estimate of drug-likeness (QED) is 0.0335. The molecule has 0 saturated carbocycles. The third-order valence-electron chi connectivity index (χ3n) is 12.9. The lowest BCUT2D eigenvalue weighted by atomic mass is 9.70. The number of hydrogen-bond donors (Lipinski definition) is 7. The van der Waals surface area contributed by atoms with Crippen molar-refractivity contribution in [1.82, 2.24) is 10.6 Å². The van der Waals surface area contributed by atoms with Crippen molar-refractivity contribution in [3.05, 3.63) is 47.1 Å². The molecule has 5 rings (SSSR count). The molecule has 5 aliphatic rings. The van der Waals surface area contributed by atoms with Gasteiger partial charge in [0, 0.05) is 37.9 Å². The van der Waals surface area contributed by atoms with Crippen LogP contribution in [0.2, 0.25) is 0 Å². The Morgan fingerprint density at radius 2 is 1.72 bits per heavy atom. The van der Waals surface area contributed by atoms with Gasteiger partial charge in [-0.25, -0.2) is 9.59 Å². The Morgan fingerprint density at radius 1 is 1.01 bits per heavy atom. The smallest absolute Gasteiger partial charge is 0.366 e. The summed E-state index contributed by atoms with van der Waals surface area (Å²) < 4.78 is 32.3.